The van der Waals surface area contributed by atoms with Gasteiger partial charge in [0.15, 0.2) is 6.10 Å². The largest absolute Gasteiger partial charge is 0.462 e. The van der Waals surface area contributed by atoms with Crippen molar-refractivity contribution in [3.63, 3.8) is 0 Å². The molecule has 1 atom stereocenters. The molecule has 0 aliphatic heterocycles. The highest BCUT2D eigenvalue weighted by atomic mass is 16.6. The summed E-state index contributed by atoms with van der Waals surface area (Å²) in [5.41, 5.74) is 0. The molecule has 0 amide bonds. The topological polar surface area (TPSA) is 78.9 Å². The SMILES string of the molecule is CC/C=C\C/C=C\C/C=C\CCCCCC(=O)OC(COC(=O)CCCCCCCCCC)COC(=O)CCCCCCCCCCCCCCCCCCCCCCCCCCCCCCCCCCCC. The van der Waals surface area contributed by atoms with Crippen molar-refractivity contribution in [3.8, 4) is 0 Å². The van der Waals surface area contributed by atoms with Gasteiger partial charge >= 0.3 is 17.9 Å². The van der Waals surface area contributed by atoms with Gasteiger partial charge in [-0.3, -0.25) is 14.4 Å². The molecule has 0 aromatic heterocycles. The Kier molecular flexibility index (Phi) is 60.2. The van der Waals surface area contributed by atoms with E-state index < -0.39 is 6.10 Å². The molecule has 6 nitrogen and oxygen atoms in total. The van der Waals surface area contributed by atoms with Gasteiger partial charge in [-0.25, -0.2) is 0 Å². The lowest BCUT2D eigenvalue weighted by molar-refractivity contribution is -0.167. The summed E-state index contributed by atoms with van der Waals surface area (Å²) >= 11 is 0. The number of carbonyl (C=O) groups is 3. The van der Waals surface area contributed by atoms with Crippen LogP contribution in [0.3, 0.4) is 0 Å². The van der Waals surface area contributed by atoms with Crippen molar-refractivity contribution in [2.45, 2.75) is 361 Å². The molecule has 0 N–H and O–H groups in total. The Morgan fingerprint density at radius 3 is 0.836 bits per heavy atom. The average molecular weight is 1030 g/mol. The van der Waals surface area contributed by atoms with Gasteiger partial charge in [0.1, 0.15) is 13.2 Å². The Bertz CT molecular complexity index is 1220. The Labute approximate surface area is 455 Å². The predicted molar refractivity (Wildman–Crippen MR) is 316 cm³/mol. The fourth-order valence-corrected chi connectivity index (χ4v) is 9.81. The van der Waals surface area contributed by atoms with Crippen molar-refractivity contribution in [1.82, 2.24) is 0 Å². The van der Waals surface area contributed by atoms with Crippen LogP contribution < -0.4 is 0 Å². The van der Waals surface area contributed by atoms with Crippen molar-refractivity contribution in [2.75, 3.05) is 13.2 Å². The third-order valence-corrected chi connectivity index (χ3v) is 14.7. The molecule has 0 aromatic rings. The lowest BCUT2D eigenvalue weighted by atomic mass is 10.0. The van der Waals surface area contributed by atoms with Crippen molar-refractivity contribution < 1.29 is 28.6 Å². The summed E-state index contributed by atoms with van der Waals surface area (Å²) in [5.74, 6) is -0.898. The molecule has 0 heterocycles. The zero-order valence-corrected chi connectivity index (χ0v) is 49.2. The molecular weight excluding hydrogens is 901 g/mol. The highest BCUT2D eigenvalue weighted by Crippen LogP contribution is 2.18. The first-order chi connectivity index (χ1) is 36.0. The summed E-state index contributed by atoms with van der Waals surface area (Å²) < 4.78 is 16.8. The van der Waals surface area contributed by atoms with Crippen LogP contribution in [0.4, 0.5) is 0 Å². The van der Waals surface area contributed by atoms with Crippen LogP contribution in [0.25, 0.3) is 0 Å². The van der Waals surface area contributed by atoms with E-state index in [0.29, 0.717) is 19.3 Å². The number of rotatable bonds is 60. The van der Waals surface area contributed by atoms with E-state index >= 15 is 0 Å². The lowest BCUT2D eigenvalue weighted by Gasteiger charge is -2.18. The third-order valence-electron chi connectivity index (χ3n) is 14.7. The van der Waals surface area contributed by atoms with E-state index in [-0.39, 0.29) is 31.1 Å². The number of allylic oxidation sites excluding steroid dienone is 6. The summed E-state index contributed by atoms with van der Waals surface area (Å²) in [7, 11) is 0. The molecule has 428 valence electrons. The van der Waals surface area contributed by atoms with Gasteiger partial charge in [-0.1, -0.05) is 320 Å². The van der Waals surface area contributed by atoms with Crippen molar-refractivity contribution >= 4 is 17.9 Å². The smallest absolute Gasteiger partial charge is 0.306 e. The van der Waals surface area contributed by atoms with Crippen LogP contribution in [0, 0.1) is 0 Å². The predicted octanol–water partition coefficient (Wildman–Crippen LogP) is 22.0. The molecule has 0 rings (SSSR count). The van der Waals surface area contributed by atoms with Crippen LogP contribution >= 0.6 is 0 Å². The molecule has 1 unspecified atom stereocenters. The third kappa shape index (κ3) is 60.4. The van der Waals surface area contributed by atoms with E-state index in [1.54, 1.807) is 0 Å². The molecule has 0 saturated heterocycles. The van der Waals surface area contributed by atoms with Crippen LogP contribution in [-0.2, 0) is 28.6 Å². The molecule has 0 saturated carbocycles. The Balaban J connectivity index is 3.92. The van der Waals surface area contributed by atoms with Crippen LogP contribution in [-0.4, -0.2) is 37.2 Å². The molecule has 0 spiro atoms. The van der Waals surface area contributed by atoms with Gasteiger partial charge in [-0.15, -0.1) is 0 Å². The Morgan fingerprint density at radius 1 is 0.288 bits per heavy atom. The monoisotopic (exact) mass is 1020 g/mol. The highest BCUT2D eigenvalue weighted by Gasteiger charge is 2.19. The summed E-state index contributed by atoms with van der Waals surface area (Å²) in [6, 6.07) is 0. The normalized spacial score (nSPS) is 12.2. The second-order valence-corrected chi connectivity index (χ2v) is 22.0. The fourth-order valence-electron chi connectivity index (χ4n) is 9.81. The van der Waals surface area contributed by atoms with Gasteiger partial charge in [0.2, 0.25) is 0 Å². The lowest BCUT2D eigenvalue weighted by Crippen LogP contribution is -2.30. The van der Waals surface area contributed by atoms with Crippen LogP contribution in [0.2, 0.25) is 0 Å². The minimum absolute atomic E-state index is 0.0799. The van der Waals surface area contributed by atoms with Gasteiger partial charge in [-0.05, 0) is 51.4 Å². The van der Waals surface area contributed by atoms with E-state index in [1.165, 1.54) is 231 Å². The van der Waals surface area contributed by atoms with Crippen molar-refractivity contribution in [1.29, 1.82) is 0 Å². The molecule has 0 radical (unpaired) electrons. The maximum atomic E-state index is 12.8. The first-order valence-corrected chi connectivity index (χ1v) is 32.5. The molecule has 0 aliphatic rings. The van der Waals surface area contributed by atoms with Crippen LogP contribution in [0.5, 0.6) is 0 Å². The van der Waals surface area contributed by atoms with Crippen molar-refractivity contribution in [2.24, 2.45) is 0 Å². The first-order valence-electron chi connectivity index (χ1n) is 32.5. The number of hydrogen-bond acceptors (Lipinski definition) is 6. The number of hydrogen-bond donors (Lipinski definition) is 0. The molecule has 0 aliphatic carbocycles. The Hall–Kier alpha value is -2.37. The maximum Gasteiger partial charge on any atom is 0.306 e. The number of carbonyl (C=O) groups excluding carboxylic acids is 3. The van der Waals surface area contributed by atoms with E-state index in [1.807, 2.05) is 0 Å². The van der Waals surface area contributed by atoms with Gasteiger partial charge in [0.25, 0.3) is 0 Å². The zero-order chi connectivity index (χ0) is 52.9. The molecule has 0 fully saturated rings. The van der Waals surface area contributed by atoms with Gasteiger partial charge < -0.3 is 14.2 Å². The molecule has 0 bridgehead atoms. The van der Waals surface area contributed by atoms with Gasteiger partial charge in [0, 0.05) is 19.3 Å². The zero-order valence-electron chi connectivity index (χ0n) is 49.2. The van der Waals surface area contributed by atoms with Crippen molar-refractivity contribution in [3.05, 3.63) is 36.5 Å². The summed E-state index contributed by atoms with van der Waals surface area (Å²) in [6.07, 6.45) is 76.5. The average Bonchev–Trinajstić information content (AvgIpc) is 3.39. The highest BCUT2D eigenvalue weighted by molar-refractivity contribution is 5.71. The van der Waals surface area contributed by atoms with Gasteiger partial charge in [0.05, 0.1) is 0 Å². The maximum absolute atomic E-state index is 12.8. The van der Waals surface area contributed by atoms with Crippen LogP contribution in [0.1, 0.15) is 355 Å². The molecular formula is C67H124O6. The fraction of sp³-hybridized carbons (Fsp3) is 0.866. The number of esters is 3. The van der Waals surface area contributed by atoms with E-state index in [9.17, 15) is 14.4 Å². The molecule has 73 heavy (non-hydrogen) atoms. The Morgan fingerprint density at radius 2 is 0.534 bits per heavy atom. The van der Waals surface area contributed by atoms with Gasteiger partial charge in [-0.2, -0.15) is 0 Å². The standard InChI is InChI=1S/C67H124O6/c1-4-7-10-13-16-19-21-23-24-25-26-27-28-29-30-31-32-33-34-35-36-37-38-39-40-41-42-43-45-46-48-51-54-57-60-66(69)72-63-64(62-71-65(68)59-56-53-50-18-15-12-9-6-3)73-67(70)61-58-55-52-49-47-44-22-20-17-14-11-8-5-2/h8,11,17,20,44,47,64H,4-7,9-10,12-16,18-19,21-43,45-46,48-63H2,1-3H3/b11-8-,20-17-,47-44-. The minimum Gasteiger partial charge on any atom is -0.462 e. The second kappa shape index (κ2) is 62.2. The van der Waals surface area contributed by atoms with Crippen LogP contribution in [0.15, 0.2) is 36.5 Å². The second-order valence-electron chi connectivity index (χ2n) is 22.0. The molecule has 6 heteroatoms. The van der Waals surface area contributed by atoms with E-state index in [0.717, 1.165) is 83.5 Å². The summed E-state index contributed by atoms with van der Waals surface area (Å²) in [6.45, 7) is 6.51. The van der Waals surface area contributed by atoms with E-state index in [4.69, 9.17) is 14.2 Å². The minimum atomic E-state index is -0.782. The van der Waals surface area contributed by atoms with E-state index in [2.05, 4.69) is 57.2 Å². The first kappa shape index (κ1) is 70.6. The molecule has 0 aromatic carbocycles. The number of ether oxygens (including phenoxy) is 3. The summed E-state index contributed by atoms with van der Waals surface area (Å²) in [4.78, 5) is 38.0. The number of unbranched alkanes of at least 4 members (excludes halogenated alkanes) is 43. The summed E-state index contributed by atoms with van der Waals surface area (Å²) in [5, 5.41) is 0. The quantitative estimate of drug-likeness (QED) is 0.0261.